The Kier molecular flexibility index (Phi) is 1.88. The maximum absolute atomic E-state index is 6.12. The van der Waals surface area contributed by atoms with Crippen LogP contribution in [0.5, 0.6) is 0 Å². The number of rotatable bonds is 1. The van der Waals surface area contributed by atoms with Crippen LogP contribution in [0.2, 0.25) is 5.02 Å². The highest BCUT2D eigenvalue weighted by Crippen LogP contribution is 2.45. The maximum Gasteiger partial charge on any atom is 0.0443 e. The van der Waals surface area contributed by atoms with Crippen molar-refractivity contribution in [3.63, 3.8) is 0 Å². The van der Waals surface area contributed by atoms with Crippen LogP contribution in [0.3, 0.4) is 0 Å². The van der Waals surface area contributed by atoms with Crippen LogP contribution in [0.4, 0.5) is 0 Å². The van der Waals surface area contributed by atoms with Gasteiger partial charge in [0.2, 0.25) is 0 Å². The summed E-state index contributed by atoms with van der Waals surface area (Å²) in [4.78, 5) is 0. The van der Waals surface area contributed by atoms with Gasteiger partial charge in [-0.1, -0.05) is 43.1 Å². The Hall–Kier alpha value is -0.490. The van der Waals surface area contributed by atoms with E-state index < -0.39 is 0 Å². The van der Waals surface area contributed by atoms with Crippen LogP contribution in [-0.4, -0.2) is 0 Å². The van der Waals surface area contributed by atoms with E-state index in [-0.39, 0.29) is 0 Å². The van der Waals surface area contributed by atoms with E-state index in [0.717, 1.165) is 5.02 Å². The van der Waals surface area contributed by atoms with Gasteiger partial charge in [0, 0.05) is 5.02 Å². The SMILES string of the molecule is CC1(c2ccccc2Cl)CCC1. The van der Waals surface area contributed by atoms with Crippen molar-refractivity contribution in [2.24, 2.45) is 0 Å². The van der Waals surface area contributed by atoms with Gasteiger partial charge >= 0.3 is 0 Å². The summed E-state index contributed by atoms with van der Waals surface area (Å²) in [5, 5.41) is 0.930. The van der Waals surface area contributed by atoms with Gasteiger partial charge in [-0.3, -0.25) is 0 Å². The molecule has 1 aliphatic carbocycles. The van der Waals surface area contributed by atoms with E-state index >= 15 is 0 Å². The highest BCUT2D eigenvalue weighted by molar-refractivity contribution is 6.31. The van der Waals surface area contributed by atoms with Gasteiger partial charge in [0.15, 0.2) is 0 Å². The lowest BCUT2D eigenvalue weighted by Gasteiger charge is -2.39. The van der Waals surface area contributed by atoms with Gasteiger partial charge in [0.25, 0.3) is 0 Å². The van der Waals surface area contributed by atoms with Crippen molar-refractivity contribution < 1.29 is 0 Å². The third kappa shape index (κ3) is 1.15. The molecule has 1 saturated carbocycles. The number of hydrogen-bond donors (Lipinski definition) is 0. The molecule has 1 aromatic rings. The van der Waals surface area contributed by atoms with Gasteiger partial charge < -0.3 is 0 Å². The first-order valence-electron chi connectivity index (χ1n) is 4.47. The van der Waals surface area contributed by atoms with Crippen LogP contribution >= 0.6 is 11.6 Å². The summed E-state index contributed by atoms with van der Waals surface area (Å²) >= 11 is 6.12. The Balaban J connectivity index is 2.39. The normalized spacial score (nSPS) is 20.2. The minimum atomic E-state index is 0.373. The summed E-state index contributed by atoms with van der Waals surface area (Å²) < 4.78 is 0. The molecular weight excluding hydrogens is 168 g/mol. The standard InChI is InChI=1S/C11H13Cl/c1-11(7-4-8-11)9-5-2-3-6-10(9)12/h2-3,5-6H,4,7-8H2,1H3. The van der Waals surface area contributed by atoms with E-state index in [1.54, 1.807) is 0 Å². The molecule has 12 heavy (non-hydrogen) atoms. The molecule has 0 nitrogen and oxygen atoms in total. The van der Waals surface area contributed by atoms with Crippen molar-refractivity contribution in [1.82, 2.24) is 0 Å². The molecule has 0 aliphatic heterocycles. The molecule has 0 amide bonds. The van der Waals surface area contributed by atoms with Gasteiger partial charge in [-0.25, -0.2) is 0 Å². The zero-order valence-electron chi connectivity index (χ0n) is 7.31. The minimum absolute atomic E-state index is 0.373. The molecule has 0 aromatic heterocycles. The predicted octanol–water partition coefficient (Wildman–Crippen LogP) is 3.78. The summed E-state index contributed by atoms with van der Waals surface area (Å²) in [6, 6.07) is 8.21. The summed E-state index contributed by atoms with van der Waals surface area (Å²) in [6.45, 7) is 2.30. The average molecular weight is 181 g/mol. The van der Waals surface area contributed by atoms with Crippen LogP contribution in [-0.2, 0) is 5.41 Å². The second kappa shape index (κ2) is 2.77. The van der Waals surface area contributed by atoms with Crippen molar-refractivity contribution in [3.05, 3.63) is 34.9 Å². The van der Waals surface area contributed by atoms with Crippen molar-refractivity contribution in [1.29, 1.82) is 0 Å². The second-order valence-corrected chi connectivity index (χ2v) is 4.30. The molecule has 0 N–H and O–H groups in total. The van der Waals surface area contributed by atoms with E-state index in [1.807, 2.05) is 12.1 Å². The molecule has 0 unspecified atom stereocenters. The lowest BCUT2D eigenvalue weighted by atomic mass is 9.66. The first kappa shape index (κ1) is 8.12. The number of halogens is 1. The van der Waals surface area contributed by atoms with E-state index in [9.17, 15) is 0 Å². The molecule has 0 spiro atoms. The first-order valence-corrected chi connectivity index (χ1v) is 4.85. The van der Waals surface area contributed by atoms with E-state index in [4.69, 9.17) is 11.6 Å². The van der Waals surface area contributed by atoms with Crippen molar-refractivity contribution >= 4 is 11.6 Å². The topological polar surface area (TPSA) is 0 Å². The second-order valence-electron chi connectivity index (χ2n) is 3.89. The quantitative estimate of drug-likeness (QED) is 0.617. The van der Waals surface area contributed by atoms with Gasteiger partial charge in [0.1, 0.15) is 0 Å². The Morgan fingerprint density at radius 1 is 1.25 bits per heavy atom. The third-order valence-corrected chi connectivity index (χ3v) is 3.31. The van der Waals surface area contributed by atoms with Crippen LogP contribution in [0.1, 0.15) is 31.7 Å². The molecule has 0 radical (unpaired) electrons. The van der Waals surface area contributed by atoms with Gasteiger partial charge in [-0.15, -0.1) is 0 Å². The fraction of sp³-hybridized carbons (Fsp3) is 0.455. The largest absolute Gasteiger partial charge is 0.0840 e. The van der Waals surface area contributed by atoms with Gasteiger partial charge in [0.05, 0.1) is 0 Å². The van der Waals surface area contributed by atoms with Gasteiger partial charge in [-0.2, -0.15) is 0 Å². The summed E-state index contributed by atoms with van der Waals surface area (Å²) in [5.74, 6) is 0. The third-order valence-electron chi connectivity index (χ3n) is 2.98. The molecule has 0 bridgehead atoms. The molecule has 64 valence electrons. The highest BCUT2D eigenvalue weighted by atomic mass is 35.5. The molecular formula is C11H13Cl. The fourth-order valence-electron chi connectivity index (χ4n) is 1.93. The lowest BCUT2D eigenvalue weighted by Crippen LogP contribution is -2.30. The minimum Gasteiger partial charge on any atom is -0.0840 e. The van der Waals surface area contributed by atoms with Crippen molar-refractivity contribution in [3.8, 4) is 0 Å². The number of benzene rings is 1. The van der Waals surface area contributed by atoms with E-state index in [1.165, 1.54) is 24.8 Å². The zero-order chi connectivity index (χ0) is 8.60. The molecule has 0 heterocycles. The fourth-order valence-corrected chi connectivity index (χ4v) is 2.29. The predicted molar refractivity (Wildman–Crippen MR) is 52.7 cm³/mol. The summed E-state index contributed by atoms with van der Waals surface area (Å²) in [5.41, 5.74) is 1.70. The summed E-state index contributed by atoms with van der Waals surface area (Å²) in [7, 11) is 0. The van der Waals surface area contributed by atoms with Crippen molar-refractivity contribution in [2.45, 2.75) is 31.6 Å². The Morgan fingerprint density at radius 3 is 2.42 bits per heavy atom. The lowest BCUT2D eigenvalue weighted by molar-refractivity contribution is 0.272. The molecule has 0 atom stereocenters. The summed E-state index contributed by atoms with van der Waals surface area (Å²) in [6.07, 6.45) is 3.93. The number of hydrogen-bond acceptors (Lipinski definition) is 0. The smallest absolute Gasteiger partial charge is 0.0443 e. The Bertz CT molecular complexity index is 287. The zero-order valence-corrected chi connectivity index (χ0v) is 8.06. The molecule has 0 saturated heterocycles. The monoisotopic (exact) mass is 180 g/mol. The maximum atomic E-state index is 6.12. The first-order chi connectivity index (χ1) is 5.72. The van der Waals surface area contributed by atoms with Crippen molar-refractivity contribution in [2.75, 3.05) is 0 Å². The van der Waals surface area contributed by atoms with E-state index in [0.29, 0.717) is 5.41 Å². The highest BCUT2D eigenvalue weighted by Gasteiger charge is 2.34. The molecule has 1 aromatic carbocycles. The molecule has 1 aliphatic rings. The Labute approximate surface area is 78.6 Å². The van der Waals surface area contributed by atoms with Crippen LogP contribution in [0, 0.1) is 0 Å². The molecule has 1 heteroatoms. The molecule has 2 rings (SSSR count). The average Bonchev–Trinajstić information content (AvgIpc) is 2.01. The van der Waals surface area contributed by atoms with Gasteiger partial charge in [-0.05, 0) is 29.9 Å². The molecule has 1 fully saturated rings. The Morgan fingerprint density at radius 2 is 1.92 bits per heavy atom. The van der Waals surface area contributed by atoms with Crippen LogP contribution in [0.25, 0.3) is 0 Å². The van der Waals surface area contributed by atoms with Crippen LogP contribution in [0.15, 0.2) is 24.3 Å². The van der Waals surface area contributed by atoms with E-state index in [2.05, 4.69) is 19.1 Å². The van der Waals surface area contributed by atoms with Crippen LogP contribution < -0.4 is 0 Å².